The standard InChI is InChI=1S/C14H21N3O2/c1-14(2,3)19-13(18)17-8-6-12(17)10-16-11-5-4-7-15-9-11/h4-5,7,9,12,16H,6,8,10H2,1-3H3/t12-/m1/s1. The largest absolute Gasteiger partial charge is 0.444 e. The summed E-state index contributed by atoms with van der Waals surface area (Å²) in [7, 11) is 0. The Morgan fingerprint density at radius 3 is 2.89 bits per heavy atom. The lowest BCUT2D eigenvalue weighted by atomic mass is 10.0. The van der Waals surface area contributed by atoms with E-state index in [1.807, 2.05) is 32.9 Å². The van der Waals surface area contributed by atoms with Gasteiger partial charge in [0.1, 0.15) is 5.60 Å². The second kappa shape index (κ2) is 5.47. The molecule has 1 saturated heterocycles. The molecule has 5 heteroatoms. The quantitative estimate of drug-likeness (QED) is 0.910. The highest BCUT2D eigenvalue weighted by Crippen LogP contribution is 2.21. The predicted octanol–water partition coefficient (Wildman–Crippen LogP) is 2.50. The monoisotopic (exact) mass is 263 g/mol. The SMILES string of the molecule is CC(C)(C)OC(=O)N1CC[C@@H]1CNc1cccnc1. The Morgan fingerprint density at radius 1 is 1.58 bits per heavy atom. The van der Waals surface area contributed by atoms with Gasteiger partial charge in [-0.1, -0.05) is 0 Å². The topological polar surface area (TPSA) is 54.5 Å². The van der Waals surface area contributed by atoms with Crippen molar-refractivity contribution in [2.24, 2.45) is 0 Å². The average Bonchev–Trinajstić information content (AvgIpc) is 2.26. The summed E-state index contributed by atoms with van der Waals surface area (Å²) in [6, 6.07) is 4.05. The first-order valence-corrected chi connectivity index (χ1v) is 6.59. The van der Waals surface area contributed by atoms with E-state index in [-0.39, 0.29) is 12.1 Å². The smallest absolute Gasteiger partial charge is 0.410 e. The van der Waals surface area contributed by atoms with Gasteiger partial charge in [0, 0.05) is 25.5 Å². The fourth-order valence-corrected chi connectivity index (χ4v) is 1.92. The van der Waals surface area contributed by atoms with Crippen molar-refractivity contribution in [2.45, 2.75) is 38.8 Å². The van der Waals surface area contributed by atoms with E-state index in [2.05, 4.69) is 10.3 Å². The first-order chi connectivity index (χ1) is 8.96. The highest BCUT2D eigenvalue weighted by Gasteiger charge is 2.34. The molecule has 19 heavy (non-hydrogen) atoms. The molecule has 5 nitrogen and oxygen atoms in total. The van der Waals surface area contributed by atoms with E-state index in [4.69, 9.17) is 4.74 Å². The van der Waals surface area contributed by atoms with Crippen molar-refractivity contribution in [3.63, 3.8) is 0 Å². The third-order valence-corrected chi connectivity index (χ3v) is 2.98. The van der Waals surface area contributed by atoms with Crippen LogP contribution >= 0.6 is 0 Å². The zero-order chi connectivity index (χ0) is 13.9. The minimum absolute atomic E-state index is 0.204. The second-order valence-electron chi connectivity index (χ2n) is 5.74. The lowest BCUT2D eigenvalue weighted by molar-refractivity contribution is -0.00274. The van der Waals surface area contributed by atoms with Gasteiger partial charge in [-0.25, -0.2) is 4.79 Å². The number of ether oxygens (including phenoxy) is 1. The van der Waals surface area contributed by atoms with Crippen LogP contribution < -0.4 is 5.32 Å². The summed E-state index contributed by atoms with van der Waals surface area (Å²) in [5.41, 5.74) is 0.534. The van der Waals surface area contributed by atoms with Gasteiger partial charge in [-0.15, -0.1) is 0 Å². The number of anilines is 1. The number of amides is 1. The zero-order valence-corrected chi connectivity index (χ0v) is 11.7. The van der Waals surface area contributed by atoms with Gasteiger partial charge < -0.3 is 15.0 Å². The summed E-state index contributed by atoms with van der Waals surface area (Å²) in [5.74, 6) is 0. The summed E-state index contributed by atoms with van der Waals surface area (Å²) in [6.45, 7) is 7.15. The van der Waals surface area contributed by atoms with Crippen molar-refractivity contribution in [3.05, 3.63) is 24.5 Å². The van der Waals surface area contributed by atoms with Crippen LogP contribution in [0.1, 0.15) is 27.2 Å². The number of rotatable bonds is 3. The minimum Gasteiger partial charge on any atom is -0.444 e. The number of nitrogens with one attached hydrogen (secondary N) is 1. The van der Waals surface area contributed by atoms with Crippen LogP contribution in [0.3, 0.4) is 0 Å². The zero-order valence-electron chi connectivity index (χ0n) is 11.7. The number of carbonyl (C=O) groups excluding carboxylic acids is 1. The molecule has 1 aliphatic rings. The molecule has 0 aromatic carbocycles. The lowest BCUT2D eigenvalue weighted by Crippen LogP contribution is -2.55. The van der Waals surface area contributed by atoms with E-state index < -0.39 is 5.60 Å². The Balaban J connectivity index is 1.81. The average molecular weight is 263 g/mol. The fourth-order valence-electron chi connectivity index (χ4n) is 1.92. The molecule has 0 bridgehead atoms. The maximum Gasteiger partial charge on any atom is 0.410 e. The van der Waals surface area contributed by atoms with Gasteiger partial charge in [-0.3, -0.25) is 4.98 Å². The summed E-state index contributed by atoms with van der Waals surface area (Å²) < 4.78 is 5.37. The molecule has 2 heterocycles. The van der Waals surface area contributed by atoms with Gasteiger partial charge in [0.15, 0.2) is 0 Å². The first-order valence-electron chi connectivity index (χ1n) is 6.59. The van der Waals surface area contributed by atoms with Gasteiger partial charge in [-0.2, -0.15) is 0 Å². The van der Waals surface area contributed by atoms with Crippen molar-refractivity contribution in [3.8, 4) is 0 Å². The van der Waals surface area contributed by atoms with E-state index in [0.717, 1.165) is 25.2 Å². The highest BCUT2D eigenvalue weighted by molar-refractivity contribution is 5.69. The van der Waals surface area contributed by atoms with Crippen LogP contribution in [0.2, 0.25) is 0 Å². The molecule has 0 radical (unpaired) electrons. The van der Waals surface area contributed by atoms with Crippen LogP contribution in [-0.4, -0.2) is 40.7 Å². The summed E-state index contributed by atoms with van der Waals surface area (Å²) >= 11 is 0. The molecule has 0 unspecified atom stereocenters. The van der Waals surface area contributed by atoms with Gasteiger partial charge in [0.25, 0.3) is 0 Å². The molecule has 0 saturated carbocycles. The molecule has 0 spiro atoms. The molecular formula is C14H21N3O2. The molecule has 1 aromatic rings. The van der Waals surface area contributed by atoms with Gasteiger partial charge in [-0.05, 0) is 39.3 Å². The van der Waals surface area contributed by atoms with Crippen LogP contribution in [-0.2, 0) is 4.74 Å². The van der Waals surface area contributed by atoms with Crippen LogP contribution in [0.4, 0.5) is 10.5 Å². The molecule has 1 amide bonds. The van der Waals surface area contributed by atoms with Gasteiger partial charge >= 0.3 is 6.09 Å². The Kier molecular flexibility index (Phi) is 3.93. The summed E-state index contributed by atoms with van der Waals surface area (Å²) in [4.78, 5) is 17.7. The maximum atomic E-state index is 11.9. The molecule has 1 N–H and O–H groups in total. The van der Waals surface area contributed by atoms with Crippen molar-refractivity contribution < 1.29 is 9.53 Å². The molecule has 1 aliphatic heterocycles. The molecule has 1 aromatic heterocycles. The molecule has 1 fully saturated rings. The second-order valence-corrected chi connectivity index (χ2v) is 5.74. The van der Waals surface area contributed by atoms with Crippen LogP contribution in [0, 0.1) is 0 Å². The maximum absolute atomic E-state index is 11.9. The number of hydrogen-bond acceptors (Lipinski definition) is 4. The minimum atomic E-state index is -0.437. The Morgan fingerprint density at radius 2 is 2.37 bits per heavy atom. The Bertz CT molecular complexity index is 428. The van der Waals surface area contributed by atoms with Crippen LogP contribution in [0.25, 0.3) is 0 Å². The summed E-state index contributed by atoms with van der Waals surface area (Å²) in [5, 5.41) is 3.28. The van der Waals surface area contributed by atoms with Crippen molar-refractivity contribution in [2.75, 3.05) is 18.4 Å². The number of pyridine rings is 1. The molecule has 0 aliphatic carbocycles. The molecule has 1 atom stereocenters. The van der Waals surface area contributed by atoms with Crippen molar-refractivity contribution in [1.29, 1.82) is 0 Å². The van der Waals surface area contributed by atoms with E-state index in [9.17, 15) is 4.79 Å². The number of carbonyl (C=O) groups is 1. The third-order valence-electron chi connectivity index (χ3n) is 2.98. The number of likely N-dealkylation sites (tertiary alicyclic amines) is 1. The van der Waals surface area contributed by atoms with Crippen molar-refractivity contribution in [1.82, 2.24) is 9.88 Å². The number of hydrogen-bond donors (Lipinski definition) is 1. The third kappa shape index (κ3) is 3.84. The molecular weight excluding hydrogens is 242 g/mol. The molecule has 104 valence electrons. The van der Waals surface area contributed by atoms with Crippen LogP contribution in [0.5, 0.6) is 0 Å². The highest BCUT2D eigenvalue weighted by atomic mass is 16.6. The van der Waals surface area contributed by atoms with Gasteiger partial charge in [0.05, 0.1) is 11.7 Å². The number of aromatic nitrogens is 1. The molecule has 2 rings (SSSR count). The van der Waals surface area contributed by atoms with E-state index >= 15 is 0 Å². The van der Waals surface area contributed by atoms with Crippen LogP contribution in [0.15, 0.2) is 24.5 Å². The number of nitrogens with zero attached hydrogens (tertiary/aromatic N) is 2. The van der Waals surface area contributed by atoms with E-state index in [1.54, 1.807) is 17.3 Å². The lowest BCUT2D eigenvalue weighted by Gasteiger charge is -2.41. The summed E-state index contributed by atoms with van der Waals surface area (Å²) in [6.07, 6.45) is 4.29. The first kappa shape index (κ1) is 13.6. The normalized spacial score (nSPS) is 18.7. The Labute approximate surface area is 114 Å². The van der Waals surface area contributed by atoms with Crippen molar-refractivity contribution >= 4 is 11.8 Å². The fraction of sp³-hybridized carbons (Fsp3) is 0.571. The van der Waals surface area contributed by atoms with E-state index in [1.165, 1.54) is 0 Å². The van der Waals surface area contributed by atoms with Gasteiger partial charge in [0.2, 0.25) is 0 Å². The van der Waals surface area contributed by atoms with E-state index in [0.29, 0.717) is 0 Å². The Hall–Kier alpha value is -1.78. The predicted molar refractivity (Wildman–Crippen MR) is 74.1 cm³/mol.